The van der Waals surface area contributed by atoms with Gasteiger partial charge in [0, 0.05) is 10.6 Å². The predicted octanol–water partition coefficient (Wildman–Crippen LogP) is 3.31. The molecule has 0 atom stereocenters. The fourth-order valence-electron chi connectivity index (χ4n) is 1.58. The fourth-order valence-corrected chi connectivity index (χ4v) is 2.72. The van der Waals surface area contributed by atoms with Gasteiger partial charge in [0.05, 0.1) is 42.8 Å². The quantitative estimate of drug-likeness (QED) is 0.787. The number of ether oxygens (including phenoxy) is 2. The molecule has 0 saturated heterocycles. The number of nitriles is 1. The molecule has 0 saturated carbocycles. The summed E-state index contributed by atoms with van der Waals surface area (Å²) in [5.41, 5.74) is 1.29. The lowest BCUT2D eigenvalue weighted by Gasteiger charge is -2.08. The van der Waals surface area contributed by atoms with E-state index in [0.717, 1.165) is 10.6 Å². The first-order valence-electron chi connectivity index (χ1n) is 5.94. The summed E-state index contributed by atoms with van der Waals surface area (Å²) in [5.74, 6) is 1.28. The summed E-state index contributed by atoms with van der Waals surface area (Å²) < 4.78 is 10.2. The minimum atomic E-state index is 0.349. The number of hydrogen-bond acceptors (Lipinski definition) is 6. The summed E-state index contributed by atoms with van der Waals surface area (Å²) in [4.78, 5) is 9.33. The van der Waals surface area contributed by atoms with Crippen molar-refractivity contribution in [1.29, 1.82) is 5.26 Å². The molecule has 0 N–H and O–H groups in total. The van der Waals surface area contributed by atoms with E-state index >= 15 is 0 Å². The summed E-state index contributed by atoms with van der Waals surface area (Å²) in [6, 6.07) is 7.24. The van der Waals surface area contributed by atoms with E-state index in [0.29, 0.717) is 28.1 Å². The van der Waals surface area contributed by atoms with E-state index in [4.69, 9.17) is 26.3 Å². The van der Waals surface area contributed by atoms with E-state index in [1.165, 1.54) is 26.0 Å². The maximum atomic E-state index is 8.81. The first kappa shape index (κ1) is 15.4. The highest BCUT2D eigenvalue weighted by atomic mass is 35.5. The minimum Gasteiger partial charge on any atom is -0.477 e. The van der Waals surface area contributed by atoms with E-state index in [9.17, 15) is 0 Å². The summed E-state index contributed by atoms with van der Waals surface area (Å²) in [6.45, 7) is 0. The standard InChI is InChI=1S/C14H12ClN3O2S/c1-19-13-14(20-2)18-10(7-17-13)8-21-12-4-3-9(6-16)5-11(12)15/h3-5,7H,8H2,1-2H3. The average Bonchev–Trinajstić information content (AvgIpc) is 2.53. The minimum absolute atomic E-state index is 0.349. The molecule has 2 aromatic rings. The van der Waals surface area contributed by atoms with Gasteiger partial charge in [-0.1, -0.05) is 11.6 Å². The van der Waals surface area contributed by atoms with Gasteiger partial charge in [-0.25, -0.2) is 9.97 Å². The second kappa shape index (κ2) is 7.16. The molecule has 0 bridgehead atoms. The summed E-state index contributed by atoms with van der Waals surface area (Å²) in [5, 5.41) is 9.36. The van der Waals surface area contributed by atoms with Crippen LogP contribution in [0.3, 0.4) is 0 Å². The van der Waals surface area contributed by atoms with Gasteiger partial charge in [0.15, 0.2) is 0 Å². The third-order valence-electron chi connectivity index (χ3n) is 2.58. The van der Waals surface area contributed by atoms with Gasteiger partial charge in [-0.05, 0) is 18.2 Å². The Morgan fingerprint density at radius 1 is 1.29 bits per heavy atom. The van der Waals surface area contributed by atoms with Crippen molar-refractivity contribution in [3.63, 3.8) is 0 Å². The lowest BCUT2D eigenvalue weighted by atomic mass is 10.2. The maximum Gasteiger partial charge on any atom is 0.278 e. The highest BCUT2D eigenvalue weighted by Gasteiger charge is 2.09. The van der Waals surface area contributed by atoms with Crippen molar-refractivity contribution < 1.29 is 9.47 Å². The van der Waals surface area contributed by atoms with Gasteiger partial charge in [-0.2, -0.15) is 5.26 Å². The third kappa shape index (κ3) is 3.78. The number of thioether (sulfide) groups is 1. The number of hydrogen-bond donors (Lipinski definition) is 0. The maximum absolute atomic E-state index is 8.81. The van der Waals surface area contributed by atoms with E-state index < -0.39 is 0 Å². The number of nitrogens with zero attached hydrogens (tertiary/aromatic N) is 3. The molecule has 0 unspecified atom stereocenters. The molecular formula is C14H12ClN3O2S. The van der Waals surface area contributed by atoms with Crippen LogP contribution in [0.4, 0.5) is 0 Å². The molecule has 5 nitrogen and oxygen atoms in total. The van der Waals surface area contributed by atoms with E-state index in [2.05, 4.69) is 16.0 Å². The number of methoxy groups -OCH3 is 2. The van der Waals surface area contributed by atoms with Crippen molar-refractivity contribution in [3.05, 3.63) is 40.7 Å². The normalized spacial score (nSPS) is 10.0. The van der Waals surface area contributed by atoms with Crippen molar-refractivity contribution >= 4 is 23.4 Å². The van der Waals surface area contributed by atoms with Crippen LogP contribution < -0.4 is 9.47 Å². The second-order valence-corrected chi connectivity index (χ2v) is 5.35. The van der Waals surface area contributed by atoms with Crippen LogP contribution in [-0.2, 0) is 5.75 Å². The molecular weight excluding hydrogens is 310 g/mol. The monoisotopic (exact) mass is 321 g/mol. The molecule has 0 aliphatic heterocycles. The summed E-state index contributed by atoms with van der Waals surface area (Å²) in [7, 11) is 3.03. The van der Waals surface area contributed by atoms with Gasteiger partial charge in [0.25, 0.3) is 11.8 Å². The van der Waals surface area contributed by atoms with Crippen molar-refractivity contribution in [2.24, 2.45) is 0 Å². The third-order valence-corrected chi connectivity index (χ3v) is 4.11. The Hall–Kier alpha value is -1.97. The lowest BCUT2D eigenvalue weighted by Crippen LogP contribution is -1.99. The van der Waals surface area contributed by atoms with Crippen LogP contribution in [0.5, 0.6) is 11.8 Å². The highest BCUT2D eigenvalue weighted by Crippen LogP contribution is 2.31. The molecule has 0 amide bonds. The van der Waals surface area contributed by atoms with Gasteiger partial charge in [-0.3, -0.25) is 0 Å². The van der Waals surface area contributed by atoms with Crippen molar-refractivity contribution in [1.82, 2.24) is 9.97 Å². The fraction of sp³-hybridized carbons (Fsp3) is 0.214. The Kier molecular flexibility index (Phi) is 5.26. The van der Waals surface area contributed by atoms with Crippen molar-refractivity contribution in [2.45, 2.75) is 10.6 Å². The molecule has 0 aliphatic carbocycles. The zero-order chi connectivity index (χ0) is 15.2. The van der Waals surface area contributed by atoms with Gasteiger partial charge in [0.2, 0.25) is 0 Å². The lowest BCUT2D eigenvalue weighted by molar-refractivity contribution is 0.330. The van der Waals surface area contributed by atoms with E-state index in [-0.39, 0.29) is 0 Å². The molecule has 1 heterocycles. The van der Waals surface area contributed by atoms with Crippen LogP contribution in [0, 0.1) is 11.3 Å². The number of rotatable bonds is 5. The zero-order valence-electron chi connectivity index (χ0n) is 11.5. The van der Waals surface area contributed by atoms with E-state index in [1.54, 1.807) is 18.3 Å². The van der Waals surface area contributed by atoms with Crippen LogP contribution in [0.2, 0.25) is 5.02 Å². The van der Waals surface area contributed by atoms with E-state index in [1.807, 2.05) is 6.07 Å². The molecule has 2 rings (SSSR count). The molecule has 1 aromatic carbocycles. The second-order valence-electron chi connectivity index (χ2n) is 3.93. The molecule has 0 fully saturated rings. The molecule has 7 heteroatoms. The van der Waals surface area contributed by atoms with Crippen LogP contribution in [0.25, 0.3) is 0 Å². The number of benzene rings is 1. The van der Waals surface area contributed by atoms with Gasteiger partial charge >= 0.3 is 0 Å². The molecule has 0 aliphatic rings. The van der Waals surface area contributed by atoms with Gasteiger partial charge in [0.1, 0.15) is 0 Å². The number of halogens is 1. The first-order valence-corrected chi connectivity index (χ1v) is 7.30. The molecule has 0 radical (unpaired) electrons. The van der Waals surface area contributed by atoms with Crippen molar-refractivity contribution in [3.8, 4) is 17.8 Å². The largest absolute Gasteiger partial charge is 0.477 e. The van der Waals surface area contributed by atoms with Crippen LogP contribution in [0.15, 0.2) is 29.3 Å². The Bertz CT molecular complexity index is 688. The molecule has 108 valence electrons. The first-order chi connectivity index (χ1) is 10.2. The number of aromatic nitrogens is 2. The van der Waals surface area contributed by atoms with Gasteiger partial charge < -0.3 is 9.47 Å². The van der Waals surface area contributed by atoms with Gasteiger partial charge in [-0.15, -0.1) is 11.8 Å². The van der Waals surface area contributed by atoms with Crippen LogP contribution in [0.1, 0.15) is 11.3 Å². The Morgan fingerprint density at radius 2 is 2.05 bits per heavy atom. The van der Waals surface area contributed by atoms with Crippen LogP contribution >= 0.6 is 23.4 Å². The van der Waals surface area contributed by atoms with Crippen molar-refractivity contribution in [2.75, 3.05) is 14.2 Å². The molecule has 21 heavy (non-hydrogen) atoms. The summed E-state index contributed by atoms with van der Waals surface area (Å²) in [6.07, 6.45) is 1.63. The Labute approximate surface area is 131 Å². The zero-order valence-corrected chi connectivity index (χ0v) is 13.0. The van der Waals surface area contributed by atoms with Crippen LogP contribution in [-0.4, -0.2) is 24.2 Å². The molecule has 0 spiro atoms. The Morgan fingerprint density at radius 3 is 2.67 bits per heavy atom. The highest BCUT2D eigenvalue weighted by molar-refractivity contribution is 7.98. The SMILES string of the molecule is COc1ncc(CSc2ccc(C#N)cc2Cl)nc1OC. The average molecular weight is 322 g/mol. The predicted molar refractivity (Wildman–Crippen MR) is 80.9 cm³/mol. The topological polar surface area (TPSA) is 68.0 Å². The smallest absolute Gasteiger partial charge is 0.278 e. The Balaban J connectivity index is 2.11. The molecule has 1 aromatic heterocycles. The summed E-state index contributed by atoms with van der Waals surface area (Å²) >= 11 is 7.64.